The third kappa shape index (κ3) is 2.97. The third-order valence-electron chi connectivity index (χ3n) is 4.93. The summed E-state index contributed by atoms with van der Waals surface area (Å²) in [6, 6.07) is 7.57. The highest BCUT2D eigenvalue weighted by Crippen LogP contribution is 2.30. The van der Waals surface area contributed by atoms with E-state index in [1.807, 2.05) is 29.2 Å². The van der Waals surface area contributed by atoms with Gasteiger partial charge in [0, 0.05) is 37.8 Å². The molecule has 1 aromatic carbocycles. The van der Waals surface area contributed by atoms with Gasteiger partial charge >= 0.3 is 0 Å². The van der Waals surface area contributed by atoms with Crippen molar-refractivity contribution >= 4 is 17.2 Å². The van der Waals surface area contributed by atoms with Crippen molar-refractivity contribution in [1.29, 1.82) is 0 Å². The molecule has 2 fully saturated rings. The molecule has 0 unspecified atom stereocenters. The van der Waals surface area contributed by atoms with Crippen molar-refractivity contribution in [3.8, 4) is 0 Å². The van der Waals surface area contributed by atoms with Gasteiger partial charge in [-0.25, -0.2) is 5.84 Å². The van der Waals surface area contributed by atoms with Gasteiger partial charge in [-0.3, -0.25) is 4.79 Å². The number of amides is 1. The maximum Gasteiger partial charge on any atom is 0.253 e. The molecule has 4 N–H and O–H groups in total. The van der Waals surface area contributed by atoms with Crippen LogP contribution in [0, 0.1) is 0 Å². The number of hydrazine groups is 1. The minimum absolute atomic E-state index is 0.0241. The smallest absolute Gasteiger partial charge is 0.253 e. The topological polar surface area (TPSA) is 73.6 Å². The molecule has 1 amide bonds. The van der Waals surface area contributed by atoms with Crippen LogP contribution in [0.2, 0.25) is 0 Å². The van der Waals surface area contributed by atoms with E-state index in [-0.39, 0.29) is 11.4 Å². The maximum absolute atomic E-state index is 12.9. The molecule has 0 aliphatic carbocycles. The molecule has 128 valence electrons. The van der Waals surface area contributed by atoms with Crippen LogP contribution in [-0.2, 0) is 4.79 Å². The van der Waals surface area contributed by atoms with Gasteiger partial charge in [0.25, 0.3) is 5.91 Å². The molecule has 0 saturated carbocycles. The summed E-state index contributed by atoms with van der Waals surface area (Å²) < 4.78 is 0. The summed E-state index contributed by atoms with van der Waals surface area (Å²) in [6.07, 6.45) is 1.80. The van der Waals surface area contributed by atoms with Crippen molar-refractivity contribution in [1.82, 2.24) is 15.5 Å². The van der Waals surface area contributed by atoms with Crippen LogP contribution in [0.3, 0.4) is 0 Å². The number of para-hydroxylation sites is 1. The van der Waals surface area contributed by atoms with Gasteiger partial charge in [-0.15, -0.1) is 0 Å². The summed E-state index contributed by atoms with van der Waals surface area (Å²) in [5, 5.41) is 8.18. The first kappa shape index (κ1) is 16.4. The molecule has 6 nitrogen and oxygen atoms in total. The molecule has 6 heteroatoms. The van der Waals surface area contributed by atoms with Crippen LogP contribution in [0.5, 0.6) is 0 Å². The number of anilines is 1. The lowest BCUT2D eigenvalue weighted by Gasteiger charge is -2.39. The first-order valence-electron chi connectivity index (χ1n) is 8.19. The fraction of sp³-hybridized carbons (Fsp3) is 0.389. The van der Waals surface area contributed by atoms with Gasteiger partial charge in [0.1, 0.15) is 0 Å². The number of hydrogen-bond donors (Lipinski definition) is 3. The molecule has 0 atom stereocenters. The van der Waals surface area contributed by atoms with Crippen LogP contribution in [0.4, 0.5) is 5.69 Å². The molecule has 1 spiro atoms. The molecule has 2 heterocycles. The maximum atomic E-state index is 12.9. The van der Waals surface area contributed by atoms with E-state index < -0.39 is 0 Å². The average molecular weight is 327 g/mol. The molecule has 2 aliphatic heterocycles. The predicted octanol–water partition coefficient (Wildman–Crippen LogP) is 1.03. The summed E-state index contributed by atoms with van der Waals surface area (Å²) >= 11 is 0. The Morgan fingerprint density at radius 2 is 2.00 bits per heavy atom. The van der Waals surface area contributed by atoms with Crippen molar-refractivity contribution in [3.63, 3.8) is 0 Å². The highest BCUT2D eigenvalue weighted by molar-refractivity contribution is 6.20. The minimum atomic E-state index is -0.0241. The summed E-state index contributed by atoms with van der Waals surface area (Å²) in [5.41, 5.74) is 2.09. The number of likely N-dealkylation sites (tertiary alicyclic amines) is 1. The van der Waals surface area contributed by atoms with E-state index in [2.05, 4.69) is 23.8 Å². The minimum Gasteiger partial charge on any atom is -0.370 e. The number of carbonyl (C=O) groups is 1. The summed E-state index contributed by atoms with van der Waals surface area (Å²) in [4.78, 5) is 14.7. The summed E-state index contributed by atoms with van der Waals surface area (Å²) in [5.74, 6) is 6.72. The Labute approximate surface area is 143 Å². The molecule has 1 aromatic rings. The average Bonchev–Trinajstić information content (AvgIpc) is 2.94. The largest absolute Gasteiger partial charge is 0.370 e. The molecule has 0 aromatic heterocycles. The van der Waals surface area contributed by atoms with Gasteiger partial charge in [-0.2, -0.15) is 0 Å². The Hall–Kier alpha value is -2.47. The van der Waals surface area contributed by atoms with Crippen molar-refractivity contribution in [2.24, 2.45) is 5.84 Å². The Morgan fingerprint density at radius 1 is 1.33 bits per heavy atom. The Balaban J connectivity index is 1.70. The molecular formula is C18H25N5O. The van der Waals surface area contributed by atoms with E-state index in [0.29, 0.717) is 18.7 Å². The number of benzene rings is 1. The van der Waals surface area contributed by atoms with Crippen LogP contribution in [-0.4, -0.2) is 43.0 Å². The first-order chi connectivity index (χ1) is 11.4. The van der Waals surface area contributed by atoms with E-state index in [4.69, 9.17) is 5.84 Å². The third-order valence-corrected chi connectivity index (χ3v) is 4.93. The van der Waals surface area contributed by atoms with E-state index >= 15 is 0 Å². The van der Waals surface area contributed by atoms with Crippen LogP contribution in [0.1, 0.15) is 18.4 Å². The molecule has 3 rings (SSSR count). The van der Waals surface area contributed by atoms with Gasteiger partial charge in [0.05, 0.1) is 17.0 Å². The van der Waals surface area contributed by atoms with Crippen molar-refractivity contribution < 1.29 is 4.79 Å². The number of nitrogens with zero attached hydrogens (tertiary/aromatic N) is 2. The predicted molar refractivity (Wildman–Crippen MR) is 96.9 cm³/mol. The zero-order chi connectivity index (χ0) is 17.3. The molecule has 2 aliphatic rings. The number of rotatable bonds is 3. The van der Waals surface area contributed by atoms with Crippen molar-refractivity contribution in [2.75, 3.05) is 31.7 Å². The molecule has 24 heavy (non-hydrogen) atoms. The zero-order valence-electron chi connectivity index (χ0n) is 14.1. The van der Waals surface area contributed by atoms with E-state index in [1.54, 1.807) is 7.05 Å². The van der Waals surface area contributed by atoms with E-state index in [9.17, 15) is 4.79 Å². The quantitative estimate of drug-likeness (QED) is 0.439. The van der Waals surface area contributed by atoms with E-state index in [0.717, 1.165) is 36.5 Å². The number of hydrogen-bond acceptors (Lipinski definition) is 5. The second-order valence-corrected chi connectivity index (χ2v) is 6.64. The number of nitrogens with one attached hydrogen (secondary N) is 2. The normalized spacial score (nSPS) is 18.9. The number of nitrogens with two attached hydrogens (primary N) is 1. The van der Waals surface area contributed by atoms with E-state index in [1.165, 1.54) is 5.01 Å². The SMILES string of the molecule is C=C1NCC2(CCN(C(=O)C(=C)c3ccccc3N(C)N)CC2)N1. The van der Waals surface area contributed by atoms with Crippen molar-refractivity contribution in [3.05, 3.63) is 48.8 Å². The first-order valence-corrected chi connectivity index (χ1v) is 8.19. The number of carbonyl (C=O) groups excluding carboxylic acids is 1. The second kappa shape index (κ2) is 6.20. The van der Waals surface area contributed by atoms with Gasteiger partial charge in [-0.1, -0.05) is 31.4 Å². The zero-order valence-corrected chi connectivity index (χ0v) is 14.1. The molecular weight excluding hydrogens is 302 g/mol. The lowest BCUT2D eigenvalue weighted by atomic mass is 9.88. The summed E-state index contributed by atoms with van der Waals surface area (Å²) in [7, 11) is 1.76. The Bertz CT molecular complexity index is 674. The Morgan fingerprint density at radius 3 is 2.58 bits per heavy atom. The van der Waals surface area contributed by atoms with Gasteiger partial charge < -0.3 is 20.5 Å². The van der Waals surface area contributed by atoms with Gasteiger partial charge in [-0.05, 0) is 18.9 Å². The fourth-order valence-electron chi connectivity index (χ4n) is 3.47. The highest BCUT2D eigenvalue weighted by Gasteiger charge is 2.39. The lowest BCUT2D eigenvalue weighted by molar-refractivity contribution is -0.126. The molecule has 2 saturated heterocycles. The Kier molecular flexibility index (Phi) is 4.24. The molecule has 0 radical (unpaired) electrons. The standard InChI is InChI=1S/C18H25N5O/c1-13(15-6-4-5-7-16(15)22(3)19)17(24)23-10-8-18(9-11-23)12-20-14(2)21-18/h4-7,20-21H,1-2,8-12,19H2,3H3. The van der Waals surface area contributed by atoms with Crippen LogP contribution >= 0.6 is 0 Å². The fourth-order valence-corrected chi connectivity index (χ4v) is 3.47. The lowest BCUT2D eigenvalue weighted by Crippen LogP contribution is -2.53. The van der Waals surface area contributed by atoms with Crippen LogP contribution < -0.4 is 21.5 Å². The second-order valence-electron chi connectivity index (χ2n) is 6.64. The van der Waals surface area contributed by atoms with Crippen LogP contribution in [0.15, 0.2) is 43.2 Å². The number of piperidine rings is 1. The van der Waals surface area contributed by atoms with Crippen molar-refractivity contribution in [2.45, 2.75) is 18.4 Å². The van der Waals surface area contributed by atoms with Gasteiger partial charge in [0.2, 0.25) is 0 Å². The summed E-state index contributed by atoms with van der Waals surface area (Å²) in [6.45, 7) is 10.2. The highest BCUT2D eigenvalue weighted by atomic mass is 16.2. The van der Waals surface area contributed by atoms with Crippen LogP contribution in [0.25, 0.3) is 5.57 Å². The monoisotopic (exact) mass is 327 g/mol. The van der Waals surface area contributed by atoms with Gasteiger partial charge in [0.15, 0.2) is 0 Å². The molecule has 0 bridgehead atoms.